The van der Waals surface area contributed by atoms with Crippen LogP contribution >= 0.6 is 0 Å². The summed E-state index contributed by atoms with van der Waals surface area (Å²) in [7, 11) is 1.66. The van der Waals surface area contributed by atoms with Gasteiger partial charge in [-0.05, 0) is 50.1 Å². The van der Waals surface area contributed by atoms with Crippen molar-refractivity contribution in [2.75, 3.05) is 12.5 Å². The molecule has 3 rings (SSSR count). The fourth-order valence-electron chi connectivity index (χ4n) is 3.39. The zero-order chi connectivity index (χ0) is 23.5. The van der Waals surface area contributed by atoms with Crippen LogP contribution in [-0.2, 0) is 11.3 Å². The largest absolute Gasteiger partial charge is 0.444 e. The SMILES string of the molecule is CN(Cc1cccc(-c2cn(-c3ccccc3)c(NO)c2C(N)=O)c1)C(=O)OC(C)(C)C. The van der Waals surface area contributed by atoms with E-state index in [1.54, 1.807) is 17.8 Å². The molecule has 168 valence electrons. The number of nitrogens with zero attached hydrogens (tertiary/aromatic N) is 2. The molecule has 0 saturated carbocycles. The normalized spacial score (nSPS) is 11.2. The molecule has 0 aliphatic carbocycles. The highest BCUT2D eigenvalue weighted by atomic mass is 16.6. The molecule has 0 spiro atoms. The third-order valence-corrected chi connectivity index (χ3v) is 4.75. The summed E-state index contributed by atoms with van der Waals surface area (Å²) < 4.78 is 7.07. The fraction of sp³-hybridized carbons (Fsp3) is 0.250. The molecule has 1 aromatic heterocycles. The number of nitrogens with one attached hydrogen (secondary N) is 1. The van der Waals surface area contributed by atoms with E-state index in [-0.39, 0.29) is 11.4 Å². The number of rotatable bonds is 6. The minimum Gasteiger partial charge on any atom is -0.444 e. The summed E-state index contributed by atoms with van der Waals surface area (Å²) in [4.78, 5) is 26.1. The Morgan fingerprint density at radius 1 is 1.12 bits per heavy atom. The third kappa shape index (κ3) is 5.09. The maximum atomic E-state index is 12.3. The van der Waals surface area contributed by atoms with Crippen molar-refractivity contribution in [2.45, 2.75) is 32.9 Å². The summed E-state index contributed by atoms with van der Waals surface area (Å²) in [5.74, 6) is -0.502. The van der Waals surface area contributed by atoms with Crippen molar-refractivity contribution in [1.29, 1.82) is 0 Å². The summed E-state index contributed by atoms with van der Waals surface area (Å²) in [6, 6.07) is 16.7. The van der Waals surface area contributed by atoms with Gasteiger partial charge in [0.25, 0.3) is 5.91 Å². The molecule has 0 aliphatic rings. The minimum atomic E-state index is -0.678. The van der Waals surface area contributed by atoms with Crippen LogP contribution < -0.4 is 11.2 Å². The molecule has 8 nitrogen and oxygen atoms in total. The molecule has 8 heteroatoms. The molecule has 2 aromatic carbocycles. The lowest BCUT2D eigenvalue weighted by molar-refractivity contribution is 0.0285. The van der Waals surface area contributed by atoms with Crippen LogP contribution in [-0.4, -0.2) is 39.3 Å². The van der Waals surface area contributed by atoms with Crippen molar-refractivity contribution >= 4 is 17.8 Å². The van der Waals surface area contributed by atoms with Gasteiger partial charge in [-0.3, -0.25) is 15.5 Å². The van der Waals surface area contributed by atoms with E-state index in [1.807, 2.05) is 75.4 Å². The number of para-hydroxylation sites is 1. The van der Waals surface area contributed by atoms with Gasteiger partial charge in [0.05, 0.1) is 5.56 Å². The van der Waals surface area contributed by atoms with Crippen molar-refractivity contribution < 1.29 is 19.5 Å². The van der Waals surface area contributed by atoms with Crippen molar-refractivity contribution in [3.05, 3.63) is 71.9 Å². The lowest BCUT2D eigenvalue weighted by Crippen LogP contribution is -2.33. The fourth-order valence-corrected chi connectivity index (χ4v) is 3.39. The number of nitrogens with two attached hydrogens (primary N) is 1. The van der Waals surface area contributed by atoms with Crippen molar-refractivity contribution in [2.24, 2.45) is 5.73 Å². The lowest BCUT2D eigenvalue weighted by Gasteiger charge is -2.24. The molecule has 0 fully saturated rings. The van der Waals surface area contributed by atoms with Crippen molar-refractivity contribution in [3.63, 3.8) is 0 Å². The van der Waals surface area contributed by atoms with Crippen LogP contribution in [0.1, 0.15) is 36.7 Å². The van der Waals surface area contributed by atoms with Gasteiger partial charge in [0.15, 0.2) is 0 Å². The van der Waals surface area contributed by atoms with E-state index in [9.17, 15) is 14.8 Å². The number of benzene rings is 2. The van der Waals surface area contributed by atoms with Crippen LogP contribution in [0.3, 0.4) is 0 Å². The van der Waals surface area contributed by atoms with E-state index in [0.717, 1.165) is 16.8 Å². The second-order valence-electron chi connectivity index (χ2n) is 8.48. The molecule has 4 N–H and O–H groups in total. The van der Waals surface area contributed by atoms with Crippen LogP contribution in [0, 0.1) is 0 Å². The first kappa shape index (κ1) is 22.9. The first-order valence-electron chi connectivity index (χ1n) is 10.1. The van der Waals surface area contributed by atoms with Crippen LogP contribution in [0.4, 0.5) is 10.6 Å². The highest BCUT2D eigenvalue weighted by Crippen LogP contribution is 2.34. The Labute approximate surface area is 187 Å². The molecule has 0 aliphatic heterocycles. The second-order valence-corrected chi connectivity index (χ2v) is 8.48. The molecule has 0 bridgehead atoms. The Hall–Kier alpha value is -3.78. The van der Waals surface area contributed by atoms with E-state index in [1.165, 1.54) is 4.90 Å². The predicted molar refractivity (Wildman–Crippen MR) is 123 cm³/mol. The zero-order valence-electron chi connectivity index (χ0n) is 18.6. The molecular formula is C24H28N4O4. The average molecular weight is 437 g/mol. The van der Waals surface area contributed by atoms with E-state index in [4.69, 9.17) is 10.5 Å². The lowest BCUT2D eigenvalue weighted by atomic mass is 10.0. The Kier molecular flexibility index (Phi) is 6.55. The molecule has 0 atom stereocenters. The molecule has 0 saturated heterocycles. The monoisotopic (exact) mass is 436 g/mol. The maximum absolute atomic E-state index is 12.3. The maximum Gasteiger partial charge on any atom is 0.410 e. The van der Waals surface area contributed by atoms with Crippen LogP contribution in [0.25, 0.3) is 16.8 Å². The Morgan fingerprint density at radius 2 is 1.81 bits per heavy atom. The standard InChI is InChI=1S/C24H28N4O4/c1-24(2,3)32-23(30)27(4)14-16-9-8-10-17(13-16)19-15-28(18-11-6-5-7-12-18)22(26-31)20(19)21(25)29/h5-13,15,26,31H,14H2,1-4H3,(H2,25,29). The number of primary amides is 1. The van der Waals surface area contributed by atoms with Gasteiger partial charge >= 0.3 is 6.09 Å². The van der Waals surface area contributed by atoms with Gasteiger partial charge in [0.1, 0.15) is 11.4 Å². The van der Waals surface area contributed by atoms with Crippen molar-refractivity contribution in [3.8, 4) is 16.8 Å². The van der Waals surface area contributed by atoms with E-state index < -0.39 is 17.6 Å². The van der Waals surface area contributed by atoms with Gasteiger partial charge in [0, 0.05) is 31.0 Å². The number of hydrogen-bond acceptors (Lipinski definition) is 5. The number of amides is 2. The average Bonchev–Trinajstić information content (AvgIpc) is 3.13. The van der Waals surface area contributed by atoms with Crippen molar-refractivity contribution in [1.82, 2.24) is 9.47 Å². The van der Waals surface area contributed by atoms with E-state index in [2.05, 4.69) is 5.48 Å². The Bertz CT molecular complexity index is 1120. The number of carbonyl (C=O) groups excluding carboxylic acids is 2. The zero-order valence-corrected chi connectivity index (χ0v) is 18.6. The smallest absolute Gasteiger partial charge is 0.410 e. The Balaban J connectivity index is 1.99. The van der Waals surface area contributed by atoms with Gasteiger partial charge in [-0.2, -0.15) is 0 Å². The van der Waals surface area contributed by atoms with E-state index in [0.29, 0.717) is 12.1 Å². The van der Waals surface area contributed by atoms with E-state index >= 15 is 0 Å². The molecule has 32 heavy (non-hydrogen) atoms. The van der Waals surface area contributed by atoms with Gasteiger partial charge in [0.2, 0.25) is 0 Å². The van der Waals surface area contributed by atoms with Crippen LogP contribution in [0.2, 0.25) is 0 Å². The molecule has 0 radical (unpaired) electrons. The van der Waals surface area contributed by atoms with Crippen LogP contribution in [0.5, 0.6) is 0 Å². The highest BCUT2D eigenvalue weighted by molar-refractivity contribution is 6.05. The number of hydrogen-bond donors (Lipinski definition) is 3. The number of aromatic nitrogens is 1. The summed E-state index contributed by atoms with van der Waals surface area (Å²) in [5.41, 5.74) is 10.2. The summed E-state index contributed by atoms with van der Waals surface area (Å²) >= 11 is 0. The summed E-state index contributed by atoms with van der Waals surface area (Å²) in [5, 5.41) is 9.76. The first-order chi connectivity index (χ1) is 15.1. The number of anilines is 1. The molecular weight excluding hydrogens is 408 g/mol. The highest BCUT2D eigenvalue weighted by Gasteiger charge is 2.23. The van der Waals surface area contributed by atoms with Gasteiger partial charge in [-0.25, -0.2) is 4.79 Å². The summed E-state index contributed by atoms with van der Waals surface area (Å²) in [6.07, 6.45) is 1.31. The number of ether oxygens (including phenoxy) is 1. The van der Waals surface area contributed by atoms with Gasteiger partial charge < -0.3 is 19.9 Å². The quantitative estimate of drug-likeness (QED) is 0.496. The topological polar surface area (TPSA) is 110 Å². The van der Waals surface area contributed by atoms with Gasteiger partial charge in [-0.1, -0.05) is 36.4 Å². The second kappa shape index (κ2) is 9.15. The van der Waals surface area contributed by atoms with Gasteiger partial charge in [-0.15, -0.1) is 0 Å². The number of carbonyl (C=O) groups is 2. The molecule has 3 aromatic rings. The molecule has 2 amide bonds. The first-order valence-corrected chi connectivity index (χ1v) is 10.1. The summed E-state index contributed by atoms with van der Waals surface area (Å²) in [6.45, 7) is 5.76. The minimum absolute atomic E-state index is 0.161. The predicted octanol–water partition coefficient (Wildman–Crippen LogP) is 4.41. The molecule has 1 heterocycles. The Morgan fingerprint density at radius 3 is 2.41 bits per heavy atom. The molecule has 0 unspecified atom stereocenters. The van der Waals surface area contributed by atoms with Crippen LogP contribution in [0.15, 0.2) is 60.8 Å². The third-order valence-electron chi connectivity index (χ3n) is 4.75.